The van der Waals surface area contributed by atoms with Crippen molar-refractivity contribution in [2.24, 2.45) is 0 Å². The SMILES string of the molecule is CCCn1c(SCC(=O)c2c(C)c(C)cc(C)c2C)nnc1-c1ccncc1. The Kier molecular flexibility index (Phi) is 6.29. The Balaban J connectivity index is 1.86. The lowest BCUT2D eigenvalue weighted by Crippen LogP contribution is -2.11. The summed E-state index contributed by atoms with van der Waals surface area (Å²) < 4.78 is 2.09. The second-order valence-electron chi connectivity index (χ2n) is 7.04. The van der Waals surface area contributed by atoms with Gasteiger partial charge in [-0.15, -0.1) is 10.2 Å². The molecule has 0 saturated heterocycles. The molecule has 28 heavy (non-hydrogen) atoms. The number of aryl methyl sites for hydroxylation is 2. The van der Waals surface area contributed by atoms with Crippen molar-refractivity contribution in [3.63, 3.8) is 0 Å². The van der Waals surface area contributed by atoms with Crippen LogP contribution in [0.3, 0.4) is 0 Å². The summed E-state index contributed by atoms with van der Waals surface area (Å²) in [5, 5.41) is 9.51. The number of benzene rings is 1. The molecular formula is C22H26N4OS. The van der Waals surface area contributed by atoms with Gasteiger partial charge in [0.25, 0.3) is 0 Å². The van der Waals surface area contributed by atoms with Crippen LogP contribution in [0.25, 0.3) is 11.4 Å². The van der Waals surface area contributed by atoms with Gasteiger partial charge < -0.3 is 4.57 Å². The molecule has 146 valence electrons. The fourth-order valence-corrected chi connectivity index (χ4v) is 4.21. The van der Waals surface area contributed by atoms with E-state index in [1.165, 1.54) is 11.8 Å². The van der Waals surface area contributed by atoms with E-state index < -0.39 is 0 Å². The molecule has 0 aliphatic rings. The number of carbonyl (C=O) groups is 1. The first kappa shape index (κ1) is 20.3. The van der Waals surface area contributed by atoms with E-state index in [1.807, 2.05) is 26.0 Å². The average Bonchev–Trinajstić information content (AvgIpc) is 3.08. The van der Waals surface area contributed by atoms with Gasteiger partial charge in [0.05, 0.1) is 5.75 Å². The van der Waals surface area contributed by atoms with Crippen LogP contribution in [0.2, 0.25) is 0 Å². The van der Waals surface area contributed by atoms with E-state index in [-0.39, 0.29) is 5.78 Å². The zero-order chi connectivity index (χ0) is 20.3. The van der Waals surface area contributed by atoms with Crippen molar-refractivity contribution < 1.29 is 4.79 Å². The highest BCUT2D eigenvalue weighted by molar-refractivity contribution is 7.99. The monoisotopic (exact) mass is 394 g/mol. The van der Waals surface area contributed by atoms with Crippen molar-refractivity contribution in [1.29, 1.82) is 0 Å². The molecule has 0 N–H and O–H groups in total. The summed E-state index contributed by atoms with van der Waals surface area (Å²) in [7, 11) is 0. The third kappa shape index (κ3) is 4.02. The molecule has 0 atom stereocenters. The molecular weight excluding hydrogens is 368 g/mol. The summed E-state index contributed by atoms with van der Waals surface area (Å²) in [5.74, 6) is 1.31. The van der Waals surface area contributed by atoms with Crippen molar-refractivity contribution in [3.05, 3.63) is 58.4 Å². The summed E-state index contributed by atoms with van der Waals surface area (Å²) in [6.45, 7) is 11.1. The van der Waals surface area contributed by atoms with Gasteiger partial charge in [-0.1, -0.05) is 24.8 Å². The van der Waals surface area contributed by atoms with Crippen molar-refractivity contribution in [2.75, 3.05) is 5.75 Å². The van der Waals surface area contributed by atoms with Crippen LogP contribution >= 0.6 is 11.8 Å². The van der Waals surface area contributed by atoms with Gasteiger partial charge >= 0.3 is 0 Å². The Morgan fingerprint density at radius 1 is 1.04 bits per heavy atom. The van der Waals surface area contributed by atoms with Crippen LogP contribution in [-0.2, 0) is 6.54 Å². The molecule has 0 aliphatic heterocycles. The number of Topliss-reactive ketones (excluding diaryl/α,β-unsaturated/α-hetero) is 1. The quantitative estimate of drug-likeness (QED) is 0.419. The molecule has 6 heteroatoms. The van der Waals surface area contributed by atoms with Crippen molar-refractivity contribution >= 4 is 17.5 Å². The van der Waals surface area contributed by atoms with Crippen LogP contribution < -0.4 is 0 Å². The Morgan fingerprint density at radius 2 is 1.68 bits per heavy atom. The van der Waals surface area contributed by atoms with Crippen molar-refractivity contribution in [3.8, 4) is 11.4 Å². The number of thioether (sulfide) groups is 1. The summed E-state index contributed by atoms with van der Waals surface area (Å²) >= 11 is 1.46. The molecule has 3 aromatic rings. The van der Waals surface area contributed by atoms with Gasteiger partial charge in [0.1, 0.15) is 0 Å². The molecule has 2 heterocycles. The lowest BCUT2D eigenvalue weighted by atomic mass is 9.92. The second kappa shape index (κ2) is 8.69. The standard InChI is InChI=1S/C22H26N4OS/c1-6-11-26-21(18-7-9-23-10-8-18)24-25-22(26)28-13-19(27)20-16(4)14(2)12-15(3)17(20)5/h7-10,12H,6,11,13H2,1-5H3. The first-order valence-corrected chi connectivity index (χ1v) is 10.5. The van der Waals surface area contributed by atoms with E-state index in [0.717, 1.165) is 57.3 Å². The Bertz CT molecular complexity index is 969. The average molecular weight is 395 g/mol. The van der Waals surface area contributed by atoms with E-state index in [2.05, 4.69) is 46.6 Å². The number of pyridine rings is 1. The van der Waals surface area contributed by atoms with E-state index in [4.69, 9.17) is 0 Å². The number of aromatic nitrogens is 4. The van der Waals surface area contributed by atoms with Crippen LogP contribution in [-0.4, -0.2) is 31.3 Å². The zero-order valence-corrected chi connectivity index (χ0v) is 17.9. The Morgan fingerprint density at radius 3 is 2.29 bits per heavy atom. The van der Waals surface area contributed by atoms with Gasteiger partial charge in [-0.25, -0.2) is 0 Å². The van der Waals surface area contributed by atoms with Crippen LogP contribution in [0.5, 0.6) is 0 Å². The highest BCUT2D eigenvalue weighted by Gasteiger charge is 2.19. The van der Waals surface area contributed by atoms with Crippen LogP contribution in [0.15, 0.2) is 35.7 Å². The van der Waals surface area contributed by atoms with Crippen molar-refractivity contribution in [2.45, 2.75) is 52.7 Å². The highest BCUT2D eigenvalue weighted by Crippen LogP contribution is 2.27. The topological polar surface area (TPSA) is 60.7 Å². The number of hydrogen-bond acceptors (Lipinski definition) is 5. The largest absolute Gasteiger partial charge is 0.302 e. The molecule has 0 saturated carbocycles. The molecule has 0 fully saturated rings. The van der Waals surface area contributed by atoms with Gasteiger partial charge in [-0.05, 0) is 68.5 Å². The molecule has 0 unspecified atom stereocenters. The first-order valence-electron chi connectivity index (χ1n) is 9.51. The first-order chi connectivity index (χ1) is 13.4. The number of ketones is 1. The number of carbonyl (C=O) groups excluding carboxylic acids is 1. The van der Waals surface area contributed by atoms with Gasteiger partial charge in [-0.3, -0.25) is 9.78 Å². The molecule has 0 aliphatic carbocycles. The molecule has 0 amide bonds. The summed E-state index contributed by atoms with van der Waals surface area (Å²) in [6, 6.07) is 6.00. The van der Waals surface area contributed by atoms with Crippen LogP contribution in [0.1, 0.15) is 46.0 Å². The van der Waals surface area contributed by atoms with E-state index in [9.17, 15) is 4.79 Å². The molecule has 5 nitrogen and oxygen atoms in total. The van der Waals surface area contributed by atoms with Gasteiger partial charge in [0.2, 0.25) is 0 Å². The van der Waals surface area contributed by atoms with Gasteiger partial charge in [-0.2, -0.15) is 0 Å². The lowest BCUT2D eigenvalue weighted by molar-refractivity contribution is 0.102. The summed E-state index contributed by atoms with van der Waals surface area (Å²) in [5.41, 5.74) is 6.29. The normalized spacial score (nSPS) is 11.0. The maximum absolute atomic E-state index is 13.0. The van der Waals surface area contributed by atoms with Gasteiger partial charge in [0, 0.05) is 30.1 Å². The fraction of sp³-hybridized carbons (Fsp3) is 0.364. The number of rotatable bonds is 7. The molecule has 3 rings (SSSR count). The fourth-order valence-electron chi connectivity index (χ4n) is 3.37. The van der Waals surface area contributed by atoms with E-state index in [0.29, 0.717) is 5.75 Å². The third-order valence-corrected chi connectivity index (χ3v) is 6.05. The minimum absolute atomic E-state index is 0.142. The predicted molar refractivity (Wildman–Crippen MR) is 114 cm³/mol. The minimum Gasteiger partial charge on any atom is -0.302 e. The number of nitrogens with zero attached hydrogens (tertiary/aromatic N) is 4. The van der Waals surface area contributed by atoms with Gasteiger partial charge in [0.15, 0.2) is 16.8 Å². The Labute approximate surface area is 170 Å². The summed E-state index contributed by atoms with van der Waals surface area (Å²) in [4.78, 5) is 17.1. The van der Waals surface area contributed by atoms with Crippen molar-refractivity contribution in [1.82, 2.24) is 19.7 Å². The summed E-state index contributed by atoms with van der Waals surface area (Å²) in [6.07, 6.45) is 4.47. The smallest absolute Gasteiger partial charge is 0.191 e. The highest BCUT2D eigenvalue weighted by atomic mass is 32.2. The maximum Gasteiger partial charge on any atom is 0.191 e. The molecule has 0 bridgehead atoms. The maximum atomic E-state index is 13.0. The van der Waals surface area contributed by atoms with Crippen LogP contribution in [0, 0.1) is 27.7 Å². The predicted octanol–water partition coefficient (Wildman–Crippen LogP) is 4.96. The number of hydrogen-bond donors (Lipinski definition) is 0. The Hall–Kier alpha value is -2.47. The zero-order valence-electron chi connectivity index (χ0n) is 17.1. The minimum atomic E-state index is 0.142. The van der Waals surface area contributed by atoms with E-state index in [1.54, 1.807) is 12.4 Å². The third-order valence-electron chi connectivity index (χ3n) is 5.08. The molecule has 1 aromatic carbocycles. The molecule has 0 radical (unpaired) electrons. The molecule has 2 aromatic heterocycles. The second-order valence-corrected chi connectivity index (χ2v) is 7.98. The van der Waals surface area contributed by atoms with E-state index >= 15 is 0 Å². The molecule has 0 spiro atoms. The lowest BCUT2D eigenvalue weighted by Gasteiger charge is -2.14. The van der Waals surface area contributed by atoms with Crippen LogP contribution in [0.4, 0.5) is 0 Å².